The number of nitro groups is 1. The molecule has 0 amide bonds. The van der Waals surface area contributed by atoms with Crippen molar-refractivity contribution in [1.82, 2.24) is 10.2 Å². The number of nitro benzene ring substituents is 1. The van der Waals surface area contributed by atoms with Gasteiger partial charge in [-0.05, 0) is 6.07 Å². The van der Waals surface area contributed by atoms with Crippen LogP contribution in [-0.4, -0.2) is 42.4 Å². The van der Waals surface area contributed by atoms with E-state index >= 15 is 0 Å². The van der Waals surface area contributed by atoms with E-state index in [1.54, 1.807) is 0 Å². The van der Waals surface area contributed by atoms with Crippen LogP contribution in [0.3, 0.4) is 0 Å². The minimum absolute atomic E-state index is 0.323. The lowest BCUT2D eigenvalue weighted by molar-refractivity contribution is -0.385. The Kier molecular flexibility index (Phi) is 4.56. The Labute approximate surface area is 113 Å². The first-order valence-corrected chi connectivity index (χ1v) is 6.17. The molecule has 110 valence electrons. The van der Waals surface area contributed by atoms with Crippen LogP contribution in [0.4, 0.5) is 18.9 Å². The van der Waals surface area contributed by atoms with Gasteiger partial charge < -0.3 is 5.32 Å². The minimum Gasteiger partial charge on any atom is -0.314 e. The maximum Gasteiger partial charge on any atom is 0.269 e. The lowest BCUT2D eigenvalue weighted by Gasteiger charge is -2.34. The largest absolute Gasteiger partial charge is 0.314 e. The summed E-state index contributed by atoms with van der Waals surface area (Å²) in [5.74, 6) is -0.848. The van der Waals surface area contributed by atoms with Crippen molar-refractivity contribution in [2.45, 2.75) is 12.5 Å². The van der Waals surface area contributed by atoms with Gasteiger partial charge in [-0.25, -0.2) is 13.2 Å². The van der Waals surface area contributed by atoms with Crippen LogP contribution in [0.5, 0.6) is 0 Å². The van der Waals surface area contributed by atoms with Crippen LogP contribution in [0.1, 0.15) is 11.6 Å². The number of halogens is 3. The summed E-state index contributed by atoms with van der Waals surface area (Å²) in [5.41, 5.74) is -0.710. The van der Waals surface area contributed by atoms with Gasteiger partial charge in [0.1, 0.15) is 5.82 Å². The maximum absolute atomic E-state index is 13.8. The molecular weight excluding hydrogens is 275 g/mol. The molecule has 1 aromatic carbocycles. The molecule has 1 fully saturated rings. The Morgan fingerprint density at radius 1 is 1.30 bits per heavy atom. The Bertz CT molecular complexity index is 493. The molecule has 1 heterocycles. The molecule has 5 nitrogen and oxygen atoms in total. The Hall–Kier alpha value is -1.67. The highest BCUT2D eigenvalue weighted by atomic mass is 19.3. The third-order valence-electron chi connectivity index (χ3n) is 3.29. The molecule has 1 aliphatic heterocycles. The fourth-order valence-electron chi connectivity index (χ4n) is 2.32. The zero-order valence-corrected chi connectivity index (χ0v) is 10.6. The SMILES string of the molecule is O=[N+]([O-])c1ccc(F)c([C@@H](C(F)F)N2CCNCC2)c1. The highest BCUT2D eigenvalue weighted by Gasteiger charge is 2.33. The van der Waals surface area contributed by atoms with Crippen LogP contribution in [0.15, 0.2) is 18.2 Å². The van der Waals surface area contributed by atoms with Crippen LogP contribution < -0.4 is 5.32 Å². The van der Waals surface area contributed by atoms with Crippen LogP contribution in [0.25, 0.3) is 0 Å². The lowest BCUT2D eigenvalue weighted by Crippen LogP contribution is -2.47. The van der Waals surface area contributed by atoms with Gasteiger partial charge in [0.15, 0.2) is 0 Å². The van der Waals surface area contributed by atoms with Gasteiger partial charge >= 0.3 is 0 Å². The average Bonchev–Trinajstić information content (AvgIpc) is 2.41. The van der Waals surface area contributed by atoms with Crippen molar-refractivity contribution < 1.29 is 18.1 Å². The number of hydrogen-bond acceptors (Lipinski definition) is 4. The van der Waals surface area contributed by atoms with E-state index < -0.39 is 23.2 Å². The maximum atomic E-state index is 13.8. The molecule has 0 radical (unpaired) electrons. The van der Waals surface area contributed by atoms with Gasteiger partial charge in [0.25, 0.3) is 12.1 Å². The Morgan fingerprint density at radius 3 is 2.50 bits per heavy atom. The molecule has 1 saturated heterocycles. The van der Waals surface area contributed by atoms with Crippen molar-refractivity contribution in [3.8, 4) is 0 Å². The van der Waals surface area contributed by atoms with Gasteiger partial charge in [-0.3, -0.25) is 15.0 Å². The second kappa shape index (κ2) is 6.19. The summed E-state index contributed by atoms with van der Waals surface area (Å²) in [6.07, 6.45) is -2.82. The molecular formula is C12H14F3N3O2. The topological polar surface area (TPSA) is 58.4 Å². The predicted octanol–water partition coefficient (Wildman–Crippen LogP) is 1.95. The van der Waals surface area contributed by atoms with E-state index in [4.69, 9.17) is 0 Å². The lowest BCUT2D eigenvalue weighted by atomic mass is 10.0. The smallest absolute Gasteiger partial charge is 0.269 e. The highest BCUT2D eigenvalue weighted by Crippen LogP contribution is 2.32. The van der Waals surface area contributed by atoms with Gasteiger partial charge in [0.2, 0.25) is 0 Å². The summed E-state index contributed by atoms with van der Waals surface area (Å²) in [4.78, 5) is 11.4. The molecule has 0 bridgehead atoms. The first-order valence-electron chi connectivity index (χ1n) is 6.17. The standard InChI is InChI=1S/C12H14F3N3O2/c13-10-2-1-8(18(19)20)7-9(10)11(12(14)15)17-5-3-16-4-6-17/h1-2,7,11-12,16H,3-6H2/t11-/m0/s1. The molecule has 1 N–H and O–H groups in total. The van der Waals surface area contributed by atoms with Crippen molar-refractivity contribution in [3.63, 3.8) is 0 Å². The summed E-state index contributed by atoms with van der Waals surface area (Å²) in [6, 6.07) is 1.27. The van der Waals surface area contributed by atoms with E-state index in [0.717, 1.165) is 18.2 Å². The number of non-ortho nitro benzene ring substituents is 1. The Balaban J connectivity index is 2.37. The van der Waals surface area contributed by atoms with Crippen molar-refractivity contribution in [2.24, 2.45) is 0 Å². The zero-order valence-electron chi connectivity index (χ0n) is 10.6. The van der Waals surface area contributed by atoms with Crippen molar-refractivity contribution in [3.05, 3.63) is 39.7 Å². The van der Waals surface area contributed by atoms with Crippen LogP contribution in [0, 0.1) is 15.9 Å². The van der Waals surface area contributed by atoms with Crippen molar-refractivity contribution in [2.75, 3.05) is 26.2 Å². The quantitative estimate of drug-likeness (QED) is 0.680. The summed E-state index contributed by atoms with van der Waals surface area (Å²) in [6.45, 7) is 1.74. The van der Waals surface area contributed by atoms with E-state index in [1.807, 2.05) is 0 Å². The van der Waals surface area contributed by atoms with Gasteiger partial charge in [-0.15, -0.1) is 0 Å². The van der Waals surface area contributed by atoms with E-state index in [1.165, 1.54) is 4.90 Å². The van der Waals surface area contributed by atoms with Crippen LogP contribution >= 0.6 is 0 Å². The van der Waals surface area contributed by atoms with Gasteiger partial charge in [0, 0.05) is 43.9 Å². The number of rotatable bonds is 4. The normalized spacial score (nSPS) is 18.2. The van der Waals surface area contributed by atoms with Crippen molar-refractivity contribution in [1.29, 1.82) is 0 Å². The molecule has 0 saturated carbocycles. The minimum atomic E-state index is -2.82. The summed E-state index contributed by atoms with van der Waals surface area (Å²) < 4.78 is 40.4. The molecule has 1 atom stereocenters. The first-order chi connectivity index (χ1) is 9.50. The van der Waals surface area contributed by atoms with E-state index in [0.29, 0.717) is 26.2 Å². The number of nitrogens with zero attached hydrogens (tertiary/aromatic N) is 2. The first kappa shape index (κ1) is 14.7. The average molecular weight is 289 g/mol. The molecule has 1 aromatic rings. The van der Waals surface area contributed by atoms with Gasteiger partial charge in [-0.1, -0.05) is 0 Å². The number of benzene rings is 1. The third kappa shape index (κ3) is 3.07. The fraction of sp³-hybridized carbons (Fsp3) is 0.500. The zero-order chi connectivity index (χ0) is 14.7. The summed E-state index contributed by atoms with van der Waals surface area (Å²) in [5, 5.41) is 13.7. The fourth-order valence-corrected chi connectivity index (χ4v) is 2.32. The molecule has 0 aromatic heterocycles. The van der Waals surface area contributed by atoms with Gasteiger partial charge in [0.05, 0.1) is 11.0 Å². The monoisotopic (exact) mass is 289 g/mol. The molecule has 0 aliphatic carbocycles. The summed E-state index contributed by atoms with van der Waals surface area (Å²) >= 11 is 0. The van der Waals surface area contributed by atoms with Crippen LogP contribution in [0.2, 0.25) is 0 Å². The van der Waals surface area contributed by atoms with Crippen molar-refractivity contribution >= 4 is 5.69 Å². The highest BCUT2D eigenvalue weighted by molar-refractivity contribution is 5.37. The molecule has 20 heavy (non-hydrogen) atoms. The Morgan fingerprint density at radius 2 is 1.95 bits per heavy atom. The molecule has 2 rings (SSSR count). The van der Waals surface area contributed by atoms with E-state index in [-0.39, 0.29) is 11.3 Å². The second-order valence-electron chi connectivity index (χ2n) is 4.53. The van der Waals surface area contributed by atoms with Crippen LogP contribution in [-0.2, 0) is 0 Å². The van der Waals surface area contributed by atoms with E-state index in [9.17, 15) is 23.3 Å². The number of piperazine rings is 1. The molecule has 0 spiro atoms. The van der Waals surface area contributed by atoms with E-state index in [2.05, 4.69) is 5.32 Å². The number of nitrogens with one attached hydrogen (secondary N) is 1. The molecule has 8 heteroatoms. The third-order valence-corrected chi connectivity index (χ3v) is 3.29. The second-order valence-corrected chi connectivity index (χ2v) is 4.53. The summed E-state index contributed by atoms with van der Waals surface area (Å²) in [7, 11) is 0. The number of hydrogen-bond donors (Lipinski definition) is 1. The van der Waals surface area contributed by atoms with Gasteiger partial charge in [-0.2, -0.15) is 0 Å². The predicted molar refractivity (Wildman–Crippen MR) is 66.2 cm³/mol. The number of alkyl halides is 2. The molecule has 1 aliphatic rings. The molecule has 0 unspecified atom stereocenters.